The first kappa shape index (κ1) is 13.7. The zero-order valence-electron chi connectivity index (χ0n) is 10.7. The van der Waals surface area contributed by atoms with Gasteiger partial charge in [0.25, 0.3) is 0 Å². The highest BCUT2D eigenvalue weighted by Gasteiger charge is 1.97. The molecule has 0 spiro atoms. The third kappa shape index (κ3) is 6.06. The molecule has 5 nitrogen and oxygen atoms in total. The Morgan fingerprint density at radius 1 is 1.24 bits per heavy atom. The number of nitrogens with zero attached hydrogens (tertiary/aromatic N) is 2. The van der Waals surface area contributed by atoms with Crippen LogP contribution in [-0.4, -0.2) is 36.8 Å². The first-order valence-corrected chi connectivity index (χ1v) is 6.16. The van der Waals surface area contributed by atoms with Crippen molar-refractivity contribution in [2.24, 2.45) is 0 Å². The van der Waals surface area contributed by atoms with Gasteiger partial charge in [0.1, 0.15) is 5.82 Å². The highest BCUT2D eigenvalue weighted by molar-refractivity contribution is 5.39. The van der Waals surface area contributed by atoms with Gasteiger partial charge in [-0.1, -0.05) is 0 Å². The van der Waals surface area contributed by atoms with Gasteiger partial charge in [0.2, 0.25) is 5.95 Å². The Balaban J connectivity index is 2.19. The maximum atomic E-state index is 5.00. The summed E-state index contributed by atoms with van der Waals surface area (Å²) < 4.78 is 5.00. The monoisotopic (exact) mass is 238 g/mol. The van der Waals surface area contributed by atoms with Crippen molar-refractivity contribution in [2.45, 2.75) is 26.2 Å². The average Bonchev–Trinajstić information content (AvgIpc) is 2.35. The summed E-state index contributed by atoms with van der Waals surface area (Å²) in [5, 5.41) is 6.38. The van der Waals surface area contributed by atoms with Gasteiger partial charge in [-0.2, -0.15) is 4.98 Å². The summed E-state index contributed by atoms with van der Waals surface area (Å²) in [5.41, 5.74) is 0. The van der Waals surface area contributed by atoms with E-state index in [-0.39, 0.29) is 0 Å². The van der Waals surface area contributed by atoms with Crippen LogP contribution in [0.25, 0.3) is 0 Å². The van der Waals surface area contributed by atoms with Crippen LogP contribution in [-0.2, 0) is 4.74 Å². The van der Waals surface area contributed by atoms with E-state index in [1.807, 2.05) is 13.0 Å². The number of hydrogen-bond donors (Lipinski definition) is 2. The minimum Gasteiger partial charge on any atom is -0.385 e. The second-order valence-corrected chi connectivity index (χ2v) is 3.78. The van der Waals surface area contributed by atoms with Crippen molar-refractivity contribution >= 4 is 11.8 Å². The topological polar surface area (TPSA) is 59.1 Å². The molecule has 0 radical (unpaired) electrons. The fraction of sp³-hybridized carbons (Fsp3) is 0.667. The normalized spacial score (nSPS) is 10.2. The summed E-state index contributed by atoms with van der Waals surface area (Å²) in [7, 11) is 1.74. The smallest absolute Gasteiger partial charge is 0.224 e. The molecule has 0 unspecified atom stereocenters. The van der Waals surface area contributed by atoms with Crippen LogP contribution in [0.3, 0.4) is 0 Å². The molecular formula is C12H22N4O. The lowest BCUT2D eigenvalue weighted by atomic mass is 10.2. The van der Waals surface area contributed by atoms with E-state index in [2.05, 4.69) is 20.6 Å². The molecule has 0 atom stereocenters. The van der Waals surface area contributed by atoms with E-state index in [1.165, 1.54) is 6.42 Å². The summed E-state index contributed by atoms with van der Waals surface area (Å²) >= 11 is 0. The van der Waals surface area contributed by atoms with Crippen molar-refractivity contribution in [3.63, 3.8) is 0 Å². The molecule has 0 aliphatic rings. The maximum absolute atomic E-state index is 5.00. The van der Waals surface area contributed by atoms with Crippen molar-refractivity contribution in [1.29, 1.82) is 0 Å². The van der Waals surface area contributed by atoms with Gasteiger partial charge in [0, 0.05) is 33.0 Å². The predicted molar refractivity (Wildman–Crippen MR) is 70.4 cm³/mol. The fourth-order valence-electron chi connectivity index (χ4n) is 1.47. The molecule has 0 amide bonds. The molecule has 96 valence electrons. The SMILES string of the molecule is CCNc1nccc(NCCCCCOC)n1. The molecule has 0 saturated carbocycles. The van der Waals surface area contributed by atoms with E-state index in [9.17, 15) is 0 Å². The number of anilines is 2. The lowest BCUT2D eigenvalue weighted by Gasteiger charge is -2.07. The summed E-state index contributed by atoms with van der Waals surface area (Å²) in [6.07, 6.45) is 5.18. The van der Waals surface area contributed by atoms with Gasteiger partial charge in [-0.05, 0) is 32.3 Å². The Morgan fingerprint density at radius 3 is 2.88 bits per heavy atom. The van der Waals surface area contributed by atoms with Crippen LogP contribution >= 0.6 is 0 Å². The van der Waals surface area contributed by atoms with Crippen molar-refractivity contribution in [3.05, 3.63) is 12.3 Å². The van der Waals surface area contributed by atoms with Crippen LogP contribution in [0.4, 0.5) is 11.8 Å². The van der Waals surface area contributed by atoms with Crippen molar-refractivity contribution in [3.8, 4) is 0 Å². The molecule has 0 aromatic carbocycles. The number of rotatable bonds is 9. The zero-order valence-corrected chi connectivity index (χ0v) is 10.7. The molecular weight excluding hydrogens is 216 g/mol. The van der Waals surface area contributed by atoms with Crippen LogP contribution < -0.4 is 10.6 Å². The first-order chi connectivity index (χ1) is 8.36. The summed E-state index contributed by atoms with van der Waals surface area (Å²) in [4.78, 5) is 8.46. The second-order valence-electron chi connectivity index (χ2n) is 3.78. The second kappa shape index (κ2) is 8.75. The molecule has 1 heterocycles. The molecule has 0 aliphatic heterocycles. The highest BCUT2D eigenvalue weighted by Crippen LogP contribution is 2.06. The molecule has 5 heteroatoms. The lowest BCUT2D eigenvalue weighted by Crippen LogP contribution is -2.07. The van der Waals surface area contributed by atoms with Gasteiger partial charge < -0.3 is 15.4 Å². The van der Waals surface area contributed by atoms with Gasteiger partial charge in [-0.15, -0.1) is 0 Å². The van der Waals surface area contributed by atoms with E-state index in [0.717, 1.165) is 38.4 Å². The molecule has 2 N–H and O–H groups in total. The summed E-state index contributed by atoms with van der Waals surface area (Å²) in [6, 6.07) is 1.88. The maximum Gasteiger partial charge on any atom is 0.224 e. The molecule has 0 fully saturated rings. The largest absolute Gasteiger partial charge is 0.385 e. The van der Waals surface area contributed by atoms with Crippen molar-refractivity contribution in [1.82, 2.24) is 9.97 Å². The minimum atomic E-state index is 0.678. The standard InChI is InChI=1S/C12H22N4O/c1-3-13-12-15-9-7-11(16-12)14-8-5-4-6-10-17-2/h7,9H,3-6,8,10H2,1-2H3,(H2,13,14,15,16). The van der Waals surface area contributed by atoms with Gasteiger partial charge in [0.05, 0.1) is 0 Å². The first-order valence-electron chi connectivity index (χ1n) is 6.16. The quantitative estimate of drug-likeness (QED) is 0.645. The molecule has 1 aromatic rings. The number of unbranched alkanes of at least 4 members (excludes halogenated alkanes) is 2. The molecule has 1 aromatic heterocycles. The van der Waals surface area contributed by atoms with Crippen LogP contribution in [0.1, 0.15) is 26.2 Å². The fourth-order valence-corrected chi connectivity index (χ4v) is 1.47. The van der Waals surface area contributed by atoms with Gasteiger partial charge >= 0.3 is 0 Å². The van der Waals surface area contributed by atoms with E-state index in [4.69, 9.17) is 4.74 Å². The minimum absolute atomic E-state index is 0.678. The molecule has 0 aliphatic carbocycles. The molecule has 17 heavy (non-hydrogen) atoms. The van der Waals surface area contributed by atoms with Crippen molar-refractivity contribution < 1.29 is 4.74 Å². The zero-order chi connectivity index (χ0) is 12.3. The average molecular weight is 238 g/mol. The number of nitrogens with one attached hydrogen (secondary N) is 2. The molecule has 0 bridgehead atoms. The van der Waals surface area contributed by atoms with E-state index in [1.54, 1.807) is 13.3 Å². The Hall–Kier alpha value is -1.36. The van der Waals surface area contributed by atoms with Crippen LogP contribution in [0.5, 0.6) is 0 Å². The van der Waals surface area contributed by atoms with Crippen molar-refractivity contribution in [2.75, 3.05) is 37.4 Å². The Morgan fingerprint density at radius 2 is 2.12 bits per heavy atom. The summed E-state index contributed by atoms with van der Waals surface area (Å²) in [5.74, 6) is 1.56. The Labute approximate surface area is 103 Å². The van der Waals surface area contributed by atoms with E-state index >= 15 is 0 Å². The van der Waals surface area contributed by atoms with Crippen LogP contribution in [0.15, 0.2) is 12.3 Å². The van der Waals surface area contributed by atoms with Crippen LogP contribution in [0, 0.1) is 0 Å². The Kier molecular flexibility index (Phi) is 7.06. The number of ether oxygens (including phenoxy) is 1. The Bertz CT molecular complexity index is 306. The number of hydrogen-bond acceptors (Lipinski definition) is 5. The van der Waals surface area contributed by atoms with Gasteiger partial charge in [-0.3, -0.25) is 0 Å². The van der Waals surface area contributed by atoms with E-state index in [0.29, 0.717) is 5.95 Å². The lowest BCUT2D eigenvalue weighted by molar-refractivity contribution is 0.192. The predicted octanol–water partition coefficient (Wildman–Crippen LogP) is 2.14. The van der Waals surface area contributed by atoms with E-state index < -0.39 is 0 Å². The van der Waals surface area contributed by atoms with Gasteiger partial charge in [-0.25, -0.2) is 4.98 Å². The molecule has 1 rings (SSSR count). The highest BCUT2D eigenvalue weighted by atomic mass is 16.5. The van der Waals surface area contributed by atoms with Crippen LogP contribution in [0.2, 0.25) is 0 Å². The number of aromatic nitrogens is 2. The summed E-state index contributed by atoms with van der Waals surface area (Å²) in [6.45, 7) is 4.64. The van der Waals surface area contributed by atoms with Gasteiger partial charge in [0.15, 0.2) is 0 Å². The third-order valence-corrected chi connectivity index (χ3v) is 2.32. The molecule has 0 saturated heterocycles. The number of methoxy groups -OCH3 is 1. The third-order valence-electron chi connectivity index (χ3n) is 2.32.